The molecule has 2 fully saturated rings. The molecule has 0 unspecified atom stereocenters. The number of benzene rings is 1. The molecule has 1 amide bonds. The van der Waals surface area contributed by atoms with Gasteiger partial charge in [0.2, 0.25) is 0 Å². The van der Waals surface area contributed by atoms with Crippen molar-refractivity contribution in [2.24, 2.45) is 10.9 Å². The third kappa shape index (κ3) is 4.61. The van der Waals surface area contributed by atoms with E-state index in [1.165, 1.54) is 13.8 Å². The normalized spacial score (nSPS) is 25.2. The number of hydrogen-bond donors (Lipinski definition) is 0. The zero-order valence-electron chi connectivity index (χ0n) is 15.6. The lowest BCUT2D eigenvalue weighted by Gasteiger charge is -2.26. The quantitative estimate of drug-likeness (QED) is 0.607. The van der Waals surface area contributed by atoms with E-state index in [0.717, 1.165) is 16.7 Å². The molecule has 2 atom stereocenters. The van der Waals surface area contributed by atoms with Crippen LogP contribution in [0.25, 0.3) is 0 Å². The molecule has 5 nitrogen and oxygen atoms in total. The SMILES string of the molecule is CC(C)C(=O)N=C1S[C@H]2CS(=O)(=O)C[C@H]2N1c1cc(C(F)(F)F)cc(C(F)(F)F)c1. The summed E-state index contributed by atoms with van der Waals surface area (Å²) in [7, 11) is -3.54. The highest BCUT2D eigenvalue weighted by Crippen LogP contribution is 2.44. The van der Waals surface area contributed by atoms with Gasteiger partial charge in [0.15, 0.2) is 15.0 Å². The Bertz CT molecular complexity index is 969. The molecular formula is C17H16F6N2O3S2. The van der Waals surface area contributed by atoms with Crippen LogP contribution in [0.1, 0.15) is 25.0 Å². The van der Waals surface area contributed by atoms with Crippen LogP contribution in [0.5, 0.6) is 0 Å². The second-order valence-corrected chi connectivity index (χ2v) is 10.7. The highest BCUT2D eigenvalue weighted by molar-refractivity contribution is 8.16. The van der Waals surface area contributed by atoms with E-state index in [4.69, 9.17) is 0 Å². The number of amides is 1. The minimum absolute atomic E-state index is 0.00826. The molecule has 0 spiro atoms. The van der Waals surface area contributed by atoms with Crippen molar-refractivity contribution in [1.29, 1.82) is 0 Å². The van der Waals surface area contributed by atoms with Gasteiger partial charge < -0.3 is 4.90 Å². The lowest BCUT2D eigenvalue weighted by molar-refractivity contribution is -0.143. The van der Waals surface area contributed by atoms with Gasteiger partial charge in [-0.3, -0.25) is 4.79 Å². The Morgan fingerprint density at radius 2 is 1.60 bits per heavy atom. The van der Waals surface area contributed by atoms with Crippen molar-refractivity contribution >= 4 is 38.4 Å². The summed E-state index contributed by atoms with van der Waals surface area (Å²) in [6.07, 6.45) is -10.1. The molecule has 3 rings (SSSR count). The molecule has 0 bridgehead atoms. The van der Waals surface area contributed by atoms with Crippen LogP contribution in [0.2, 0.25) is 0 Å². The zero-order chi connectivity index (χ0) is 22.6. The van der Waals surface area contributed by atoms with Crippen molar-refractivity contribution in [1.82, 2.24) is 0 Å². The molecule has 2 aliphatic heterocycles. The van der Waals surface area contributed by atoms with Gasteiger partial charge in [-0.15, -0.1) is 0 Å². The van der Waals surface area contributed by atoms with Crippen LogP contribution in [0.4, 0.5) is 32.0 Å². The predicted octanol–water partition coefficient (Wildman–Crippen LogP) is 3.98. The summed E-state index contributed by atoms with van der Waals surface area (Å²) in [5.41, 5.74) is -3.57. The van der Waals surface area contributed by atoms with Crippen LogP contribution in [0.15, 0.2) is 23.2 Å². The number of anilines is 1. The molecule has 1 aromatic carbocycles. The molecule has 0 aromatic heterocycles. The van der Waals surface area contributed by atoms with Gasteiger partial charge in [0, 0.05) is 16.9 Å². The predicted molar refractivity (Wildman–Crippen MR) is 100 cm³/mol. The standard InChI is InChI=1S/C17H16F6N2O3S2/c1-8(2)14(26)24-15-25(12-6-30(27,28)7-13(12)29-15)11-4-9(16(18,19)20)3-10(5-11)17(21,22)23/h3-5,8,12-13H,6-7H2,1-2H3/t12-,13+/m1/s1. The van der Waals surface area contributed by atoms with E-state index in [0.29, 0.717) is 12.1 Å². The molecule has 2 heterocycles. The Morgan fingerprint density at radius 3 is 2.07 bits per heavy atom. The molecule has 0 N–H and O–H groups in total. The van der Waals surface area contributed by atoms with Gasteiger partial charge in [-0.05, 0) is 18.2 Å². The minimum atomic E-state index is -5.06. The molecule has 1 aromatic rings. The molecule has 0 aliphatic carbocycles. The molecule has 2 aliphatic rings. The Morgan fingerprint density at radius 1 is 1.07 bits per heavy atom. The van der Waals surface area contributed by atoms with Crippen molar-refractivity contribution in [2.75, 3.05) is 16.4 Å². The summed E-state index contributed by atoms with van der Waals surface area (Å²) >= 11 is 0.872. The van der Waals surface area contributed by atoms with E-state index < -0.39 is 67.9 Å². The Labute approximate surface area is 172 Å². The molecule has 0 radical (unpaired) electrons. The van der Waals surface area contributed by atoms with Crippen molar-refractivity contribution < 1.29 is 39.6 Å². The van der Waals surface area contributed by atoms with Crippen molar-refractivity contribution in [3.8, 4) is 0 Å². The monoisotopic (exact) mass is 474 g/mol. The van der Waals surface area contributed by atoms with Gasteiger partial charge in [-0.2, -0.15) is 31.3 Å². The number of thioether (sulfide) groups is 1. The van der Waals surface area contributed by atoms with E-state index in [-0.39, 0.29) is 17.0 Å². The summed E-state index contributed by atoms with van der Waals surface area (Å²) in [5.74, 6) is -1.94. The second-order valence-electron chi connectivity index (χ2n) is 7.32. The number of carbonyl (C=O) groups excluding carboxylic acids is 1. The first-order chi connectivity index (χ1) is 13.6. The number of sulfone groups is 1. The van der Waals surface area contributed by atoms with Crippen LogP contribution in [-0.2, 0) is 27.0 Å². The van der Waals surface area contributed by atoms with Crippen molar-refractivity contribution in [3.05, 3.63) is 29.3 Å². The Balaban J connectivity index is 2.18. The van der Waals surface area contributed by atoms with Gasteiger partial charge >= 0.3 is 12.4 Å². The number of carbonyl (C=O) groups is 1. The van der Waals surface area contributed by atoms with Gasteiger partial charge in [0.25, 0.3) is 5.91 Å². The van der Waals surface area contributed by atoms with Gasteiger partial charge in [-0.1, -0.05) is 25.6 Å². The molecule has 166 valence electrons. The maximum atomic E-state index is 13.3. The summed E-state index contributed by atoms with van der Waals surface area (Å²) in [6, 6.07) is 0.0890. The first-order valence-electron chi connectivity index (χ1n) is 8.67. The molecule has 2 saturated heterocycles. The number of alkyl halides is 6. The number of rotatable bonds is 2. The molecule has 0 saturated carbocycles. The fraction of sp³-hybridized carbons (Fsp3) is 0.529. The summed E-state index contributed by atoms with van der Waals surface area (Å²) in [6.45, 7) is 3.07. The first kappa shape index (κ1) is 22.9. The van der Waals surface area contributed by atoms with Crippen LogP contribution < -0.4 is 4.90 Å². The Kier molecular flexibility index (Phi) is 5.68. The van der Waals surface area contributed by atoms with Crippen molar-refractivity contribution in [3.63, 3.8) is 0 Å². The molecule has 13 heteroatoms. The zero-order valence-corrected chi connectivity index (χ0v) is 17.2. The largest absolute Gasteiger partial charge is 0.416 e. The van der Waals surface area contributed by atoms with E-state index >= 15 is 0 Å². The maximum Gasteiger partial charge on any atom is 0.416 e. The van der Waals surface area contributed by atoms with Gasteiger partial charge in [-0.25, -0.2) is 8.42 Å². The van der Waals surface area contributed by atoms with E-state index in [2.05, 4.69) is 4.99 Å². The van der Waals surface area contributed by atoms with E-state index in [9.17, 15) is 39.6 Å². The highest BCUT2D eigenvalue weighted by Gasteiger charge is 2.50. The summed E-state index contributed by atoms with van der Waals surface area (Å²) in [5, 5.41) is -0.761. The fourth-order valence-corrected chi connectivity index (χ4v) is 7.09. The van der Waals surface area contributed by atoms with Crippen LogP contribution >= 0.6 is 11.8 Å². The number of hydrogen-bond acceptors (Lipinski definition) is 4. The van der Waals surface area contributed by atoms with E-state index in [1.807, 2.05) is 0 Å². The first-order valence-corrected chi connectivity index (χ1v) is 11.4. The topological polar surface area (TPSA) is 66.8 Å². The smallest absolute Gasteiger partial charge is 0.316 e. The minimum Gasteiger partial charge on any atom is -0.316 e. The molecule has 30 heavy (non-hydrogen) atoms. The highest BCUT2D eigenvalue weighted by atomic mass is 32.2. The lowest BCUT2D eigenvalue weighted by atomic mass is 10.1. The average molecular weight is 474 g/mol. The van der Waals surface area contributed by atoms with Gasteiger partial charge in [0.1, 0.15) is 0 Å². The summed E-state index contributed by atoms with van der Waals surface area (Å²) in [4.78, 5) is 16.9. The molecular weight excluding hydrogens is 458 g/mol. The average Bonchev–Trinajstić information content (AvgIpc) is 3.03. The van der Waals surface area contributed by atoms with Gasteiger partial charge in [0.05, 0.1) is 28.7 Å². The summed E-state index contributed by atoms with van der Waals surface area (Å²) < 4.78 is 104. The maximum absolute atomic E-state index is 13.3. The van der Waals surface area contributed by atoms with Crippen LogP contribution in [0.3, 0.4) is 0 Å². The Hall–Kier alpha value is -1.76. The van der Waals surface area contributed by atoms with Crippen LogP contribution in [0, 0.1) is 5.92 Å². The second kappa shape index (κ2) is 7.43. The number of amidine groups is 1. The number of aliphatic imine (C=N–C) groups is 1. The number of halogens is 6. The third-order valence-corrected chi connectivity index (χ3v) is 7.83. The number of nitrogens with zero attached hydrogens (tertiary/aromatic N) is 2. The third-order valence-electron chi connectivity index (χ3n) is 4.62. The van der Waals surface area contributed by atoms with E-state index in [1.54, 1.807) is 0 Å². The fourth-order valence-electron chi connectivity index (χ4n) is 3.17. The lowest BCUT2D eigenvalue weighted by Crippen LogP contribution is -2.38. The van der Waals surface area contributed by atoms with Crippen molar-refractivity contribution in [2.45, 2.75) is 37.5 Å². The van der Waals surface area contributed by atoms with Crippen LogP contribution in [-0.4, -0.2) is 42.3 Å². The number of fused-ring (bicyclic) bond motifs is 1.